The van der Waals surface area contributed by atoms with E-state index in [1.54, 1.807) is 0 Å². The quantitative estimate of drug-likeness (QED) is 0.740. The topological polar surface area (TPSA) is 27.1 Å². The first-order chi connectivity index (χ1) is 8.25. The highest BCUT2D eigenvalue weighted by Gasteiger charge is 2.20. The molecule has 3 nitrogen and oxygen atoms in total. The van der Waals surface area contributed by atoms with Gasteiger partial charge in [0.05, 0.1) is 5.52 Å². The normalized spacial score (nSPS) is 20.9. The number of fused-ring (bicyclic) bond motifs is 1. The number of nitrogens with zero attached hydrogens (tertiary/aromatic N) is 2. The summed E-state index contributed by atoms with van der Waals surface area (Å²) in [4.78, 5) is 0. The van der Waals surface area contributed by atoms with E-state index >= 15 is 0 Å². The maximum atomic E-state index is 5.81. The molecule has 1 aromatic heterocycles. The lowest BCUT2D eigenvalue weighted by molar-refractivity contribution is -0.0368. The van der Waals surface area contributed by atoms with E-state index in [1.165, 1.54) is 29.3 Å². The van der Waals surface area contributed by atoms with Crippen LogP contribution in [-0.2, 0) is 4.74 Å². The average Bonchev–Trinajstić information content (AvgIpc) is 2.68. The van der Waals surface area contributed by atoms with Crippen LogP contribution in [-0.4, -0.2) is 16.4 Å². The highest BCUT2D eigenvalue weighted by atomic mass is 127. The Balaban J connectivity index is 2.10. The molecule has 90 valence electrons. The van der Waals surface area contributed by atoms with Gasteiger partial charge >= 0.3 is 0 Å². The van der Waals surface area contributed by atoms with Crippen molar-refractivity contribution in [1.29, 1.82) is 0 Å². The average molecular weight is 342 g/mol. The first kappa shape index (κ1) is 11.5. The molecule has 0 amide bonds. The Morgan fingerprint density at radius 2 is 2.29 bits per heavy atom. The van der Waals surface area contributed by atoms with Gasteiger partial charge in [-0.15, -0.1) is 0 Å². The number of halogens is 1. The monoisotopic (exact) mass is 342 g/mol. The summed E-state index contributed by atoms with van der Waals surface area (Å²) in [7, 11) is 0. The maximum absolute atomic E-state index is 5.81. The number of ether oxygens (including phenoxy) is 1. The van der Waals surface area contributed by atoms with Crippen molar-refractivity contribution in [3.8, 4) is 0 Å². The SMILES string of the molecule is Cc1ccc2c(c1)c(I)nn2C1CCCCO1. The molecule has 17 heavy (non-hydrogen) atoms. The molecule has 4 heteroatoms. The van der Waals surface area contributed by atoms with E-state index in [4.69, 9.17) is 4.74 Å². The van der Waals surface area contributed by atoms with E-state index < -0.39 is 0 Å². The Kier molecular flexibility index (Phi) is 3.08. The van der Waals surface area contributed by atoms with Crippen LogP contribution in [0.5, 0.6) is 0 Å². The first-order valence-corrected chi connectivity index (χ1v) is 7.09. The first-order valence-electron chi connectivity index (χ1n) is 6.02. The van der Waals surface area contributed by atoms with Crippen LogP contribution in [0.2, 0.25) is 0 Å². The summed E-state index contributed by atoms with van der Waals surface area (Å²) >= 11 is 2.30. The van der Waals surface area contributed by atoms with Gasteiger partial charge in [0.15, 0.2) is 6.23 Å². The number of aromatic nitrogens is 2. The van der Waals surface area contributed by atoms with E-state index in [0.717, 1.165) is 16.7 Å². The fourth-order valence-electron chi connectivity index (χ4n) is 2.35. The van der Waals surface area contributed by atoms with Gasteiger partial charge in [0.25, 0.3) is 0 Å². The summed E-state index contributed by atoms with van der Waals surface area (Å²) in [6.45, 7) is 2.97. The second-order valence-electron chi connectivity index (χ2n) is 4.58. The van der Waals surface area contributed by atoms with Crippen LogP contribution in [0.4, 0.5) is 0 Å². The molecule has 0 bridgehead atoms. The van der Waals surface area contributed by atoms with Crippen molar-refractivity contribution in [2.24, 2.45) is 0 Å². The van der Waals surface area contributed by atoms with Crippen molar-refractivity contribution in [1.82, 2.24) is 9.78 Å². The van der Waals surface area contributed by atoms with Crippen molar-refractivity contribution in [2.45, 2.75) is 32.4 Å². The minimum absolute atomic E-state index is 0.123. The zero-order chi connectivity index (χ0) is 11.8. The number of benzene rings is 1. The van der Waals surface area contributed by atoms with Gasteiger partial charge in [-0.25, -0.2) is 4.68 Å². The van der Waals surface area contributed by atoms with E-state index in [-0.39, 0.29) is 6.23 Å². The molecule has 1 aliphatic heterocycles. The third kappa shape index (κ3) is 2.08. The van der Waals surface area contributed by atoms with Crippen LogP contribution < -0.4 is 0 Å². The smallest absolute Gasteiger partial charge is 0.150 e. The molecule has 0 saturated carbocycles. The Labute approximate surface area is 114 Å². The predicted octanol–water partition coefficient (Wildman–Crippen LogP) is 3.65. The molecule has 3 rings (SSSR count). The Hall–Kier alpha value is -0.620. The molecule has 0 radical (unpaired) electrons. The van der Waals surface area contributed by atoms with E-state index in [2.05, 4.69) is 57.5 Å². The second-order valence-corrected chi connectivity index (χ2v) is 5.60. The zero-order valence-electron chi connectivity index (χ0n) is 9.82. The Bertz CT molecular complexity index is 544. The third-order valence-corrected chi connectivity index (χ3v) is 4.04. The van der Waals surface area contributed by atoms with E-state index in [1.807, 2.05) is 0 Å². The summed E-state index contributed by atoms with van der Waals surface area (Å²) in [6, 6.07) is 6.49. The number of aryl methyl sites for hydroxylation is 1. The molecule has 1 unspecified atom stereocenters. The molecule has 0 spiro atoms. The number of hydrogen-bond acceptors (Lipinski definition) is 2. The molecule has 1 aromatic carbocycles. The lowest BCUT2D eigenvalue weighted by atomic mass is 10.1. The Morgan fingerprint density at radius 3 is 3.06 bits per heavy atom. The molecule has 1 aliphatic rings. The molecule has 2 heterocycles. The van der Waals surface area contributed by atoms with Crippen molar-refractivity contribution in [2.75, 3.05) is 6.61 Å². The highest BCUT2D eigenvalue weighted by molar-refractivity contribution is 14.1. The number of hydrogen-bond donors (Lipinski definition) is 0. The van der Waals surface area contributed by atoms with Crippen LogP contribution in [0.25, 0.3) is 10.9 Å². The van der Waals surface area contributed by atoms with Gasteiger partial charge in [-0.1, -0.05) is 11.6 Å². The minimum Gasteiger partial charge on any atom is -0.356 e. The summed E-state index contributed by atoms with van der Waals surface area (Å²) < 4.78 is 8.93. The summed E-state index contributed by atoms with van der Waals surface area (Å²) in [5, 5.41) is 5.87. The molecule has 1 atom stereocenters. The van der Waals surface area contributed by atoms with Crippen LogP contribution in [0.15, 0.2) is 18.2 Å². The molecular weight excluding hydrogens is 327 g/mol. The van der Waals surface area contributed by atoms with Crippen LogP contribution in [0.1, 0.15) is 31.1 Å². The van der Waals surface area contributed by atoms with Gasteiger partial charge in [0.1, 0.15) is 3.70 Å². The molecule has 1 saturated heterocycles. The standard InChI is InChI=1S/C13H15IN2O/c1-9-5-6-11-10(8-9)13(14)15-16(11)12-4-2-3-7-17-12/h5-6,8,12H,2-4,7H2,1H3. The van der Waals surface area contributed by atoms with Gasteiger partial charge in [-0.2, -0.15) is 5.10 Å². The predicted molar refractivity (Wildman–Crippen MR) is 76.0 cm³/mol. The fourth-order valence-corrected chi connectivity index (χ4v) is 3.02. The fraction of sp³-hybridized carbons (Fsp3) is 0.462. The molecular formula is C13H15IN2O. The summed E-state index contributed by atoms with van der Waals surface area (Å²) in [5.74, 6) is 0. The minimum atomic E-state index is 0.123. The summed E-state index contributed by atoms with van der Waals surface area (Å²) in [6.07, 6.45) is 3.60. The van der Waals surface area contributed by atoms with Crippen LogP contribution >= 0.6 is 22.6 Å². The maximum Gasteiger partial charge on any atom is 0.150 e. The van der Waals surface area contributed by atoms with Crippen molar-refractivity contribution < 1.29 is 4.74 Å². The van der Waals surface area contributed by atoms with E-state index in [9.17, 15) is 0 Å². The largest absolute Gasteiger partial charge is 0.356 e. The van der Waals surface area contributed by atoms with Gasteiger partial charge in [0, 0.05) is 12.0 Å². The lowest BCUT2D eigenvalue weighted by Crippen LogP contribution is -2.19. The number of rotatable bonds is 1. The molecule has 0 N–H and O–H groups in total. The van der Waals surface area contributed by atoms with Crippen molar-refractivity contribution >= 4 is 33.5 Å². The molecule has 0 aliphatic carbocycles. The second kappa shape index (κ2) is 4.57. The van der Waals surface area contributed by atoms with Crippen LogP contribution in [0.3, 0.4) is 0 Å². The highest BCUT2D eigenvalue weighted by Crippen LogP contribution is 2.29. The molecule has 1 fully saturated rings. The van der Waals surface area contributed by atoms with Crippen LogP contribution in [0, 0.1) is 10.6 Å². The Morgan fingerprint density at radius 1 is 1.41 bits per heavy atom. The van der Waals surface area contributed by atoms with Gasteiger partial charge in [0.2, 0.25) is 0 Å². The van der Waals surface area contributed by atoms with Gasteiger partial charge in [-0.3, -0.25) is 0 Å². The van der Waals surface area contributed by atoms with Gasteiger partial charge < -0.3 is 4.74 Å². The van der Waals surface area contributed by atoms with Crippen molar-refractivity contribution in [3.63, 3.8) is 0 Å². The zero-order valence-corrected chi connectivity index (χ0v) is 12.0. The summed E-state index contributed by atoms with van der Waals surface area (Å²) in [5.41, 5.74) is 2.46. The van der Waals surface area contributed by atoms with Gasteiger partial charge in [-0.05, 0) is 60.9 Å². The lowest BCUT2D eigenvalue weighted by Gasteiger charge is -2.23. The third-order valence-electron chi connectivity index (χ3n) is 3.25. The molecule has 2 aromatic rings. The van der Waals surface area contributed by atoms with E-state index in [0.29, 0.717) is 0 Å². The van der Waals surface area contributed by atoms with Crippen molar-refractivity contribution in [3.05, 3.63) is 27.5 Å².